The first-order chi connectivity index (χ1) is 21.2. The molecule has 0 fully saturated rings. The summed E-state index contributed by atoms with van der Waals surface area (Å²) < 4.78 is 30.1. The van der Waals surface area contributed by atoms with Crippen molar-refractivity contribution in [1.82, 2.24) is 0 Å². The van der Waals surface area contributed by atoms with Crippen LogP contribution in [0.4, 0.5) is 4.79 Å². The lowest BCUT2D eigenvalue weighted by Gasteiger charge is -2.31. The smallest absolute Gasteiger partial charge is 0.457 e. The second kappa shape index (κ2) is 11.8. The Balaban J connectivity index is 1.53. The molecule has 1 aliphatic rings. The Hall–Kier alpha value is -3.86. The maximum atomic E-state index is 12.6. The average Bonchev–Trinajstić information content (AvgIpc) is 2.93. The van der Waals surface area contributed by atoms with Crippen LogP contribution in [0.5, 0.6) is 23.0 Å². The molecule has 0 bridgehead atoms. The molecule has 45 heavy (non-hydrogen) atoms. The van der Waals surface area contributed by atoms with Crippen molar-refractivity contribution in [3.8, 4) is 23.0 Å². The lowest BCUT2D eigenvalue weighted by Crippen LogP contribution is -2.31. The summed E-state index contributed by atoms with van der Waals surface area (Å²) in [6, 6.07) is 27.7. The van der Waals surface area contributed by atoms with Gasteiger partial charge in [0.2, 0.25) is 0 Å². The third-order valence-electron chi connectivity index (χ3n) is 7.25. The number of carbonyl (C=O) groups excluding carboxylic acids is 1. The van der Waals surface area contributed by atoms with E-state index in [0.717, 1.165) is 47.6 Å². The summed E-state index contributed by atoms with van der Waals surface area (Å²) in [6.07, 6.45) is -0.765. The van der Waals surface area contributed by atoms with Gasteiger partial charge in [-0.05, 0) is 140 Å². The lowest BCUT2D eigenvalue weighted by atomic mass is 9.78. The first-order valence-corrected chi connectivity index (χ1v) is 15.8. The number of ether oxygens (including phenoxy) is 5. The van der Waals surface area contributed by atoms with Crippen LogP contribution in [0.1, 0.15) is 64.2 Å². The summed E-state index contributed by atoms with van der Waals surface area (Å²) in [5, 5.41) is 14.3. The van der Waals surface area contributed by atoms with E-state index >= 15 is 0 Å². The summed E-state index contributed by atoms with van der Waals surface area (Å²) in [5.41, 5.74) is 1.72. The van der Waals surface area contributed by atoms with Gasteiger partial charge in [0.25, 0.3) is 0 Å². The van der Waals surface area contributed by atoms with Gasteiger partial charge in [0.15, 0.2) is 0 Å². The molecule has 5 aromatic carbocycles. The van der Waals surface area contributed by atoms with Crippen LogP contribution in [0.3, 0.4) is 0 Å². The Labute approximate surface area is 276 Å². The molecule has 7 nitrogen and oxygen atoms in total. The van der Waals surface area contributed by atoms with Crippen molar-refractivity contribution < 1.29 is 33.6 Å². The predicted octanol–water partition coefficient (Wildman–Crippen LogP) is 9.67. The zero-order valence-electron chi connectivity index (χ0n) is 26.0. The van der Waals surface area contributed by atoms with E-state index in [1.807, 2.05) is 81.4 Å². The third kappa shape index (κ3) is 6.88. The topological polar surface area (TPSA) is 83.5 Å². The first kappa shape index (κ1) is 31.1. The number of hydrogen-bond acceptors (Lipinski definition) is 7. The summed E-state index contributed by atoms with van der Waals surface area (Å²) in [5.74, 6) is 2.04. The van der Waals surface area contributed by atoms with Crippen LogP contribution >= 0.6 is 22.6 Å². The summed E-state index contributed by atoms with van der Waals surface area (Å²) >= 11 is 2.33. The van der Waals surface area contributed by atoms with Gasteiger partial charge < -0.3 is 28.8 Å². The Bertz CT molecular complexity index is 1920. The van der Waals surface area contributed by atoms with Gasteiger partial charge in [-0.25, -0.2) is 4.79 Å². The Kier molecular flexibility index (Phi) is 8.18. The highest BCUT2D eigenvalue weighted by atomic mass is 127. The van der Waals surface area contributed by atoms with E-state index in [2.05, 4.69) is 40.8 Å². The van der Waals surface area contributed by atoms with Crippen molar-refractivity contribution in [1.29, 1.82) is 0 Å². The normalized spacial score (nSPS) is 15.2. The third-order valence-corrected chi connectivity index (χ3v) is 7.92. The van der Waals surface area contributed by atoms with Crippen LogP contribution in [0.25, 0.3) is 21.5 Å². The average molecular weight is 719 g/mol. The number of hydrogen-bond donors (Lipinski definition) is 1. The van der Waals surface area contributed by atoms with Crippen molar-refractivity contribution >= 4 is 50.3 Å². The van der Waals surface area contributed by atoms with Gasteiger partial charge >= 0.3 is 12.6 Å². The highest BCUT2D eigenvalue weighted by Crippen LogP contribution is 2.53. The van der Waals surface area contributed by atoms with Crippen molar-refractivity contribution in [3.63, 3.8) is 0 Å². The van der Waals surface area contributed by atoms with Gasteiger partial charge in [0, 0.05) is 20.6 Å². The molecule has 0 radical (unpaired) electrons. The molecule has 2 unspecified atom stereocenters. The van der Waals surface area contributed by atoms with Gasteiger partial charge in [-0.1, -0.05) is 36.4 Å². The molecule has 5 aromatic rings. The first-order valence-electron chi connectivity index (χ1n) is 14.7. The highest BCUT2D eigenvalue weighted by Gasteiger charge is 2.33. The highest BCUT2D eigenvalue weighted by molar-refractivity contribution is 14.1. The second-order valence-corrected chi connectivity index (χ2v) is 14.3. The number of aliphatic hydroxyl groups excluding tert-OH is 1. The SMILES string of the molecule is CC(C)(C)OC(=O)Oc1ccc2ccc3c(c2c1)C(c1cccc(I)c1)c1c(ccc2ccc(OC(O)OC(C)(C)C)cc12)O3. The molecule has 0 saturated carbocycles. The fourth-order valence-corrected chi connectivity index (χ4v) is 6.17. The van der Waals surface area contributed by atoms with Crippen molar-refractivity contribution in [2.75, 3.05) is 0 Å². The van der Waals surface area contributed by atoms with Crippen molar-refractivity contribution in [3.05, 3.63) is 105 Å². The monoisotopic (exact) mass is 718 g/mol. The minimum absolute atomic E-state index is 0.242. The molecule has 0 amide bonds. The van der Waals surface area contributed by atoms with Crippen LogP contribution in [-0.2, 0) is 9.47 Å². The maximum absolute atomic E-state index is 12.6. The largest absolute Gasteiger partial charge is 0.514 e. The summed E-state index contributed by atoms with van der Waals surface area (Å²) in [7, 11) is 0. The van der Waals surface area contributed by atoms with Crippen LogP contribution in [0.15, 0.2) is 84.9 Å². The van der Waals surface area contributed by atoms with E-state index in [1.165, 1.54) is 0 Å². The molecule has 8 heteroatoms. The molecule has 0 aliphatic carbocycles. The van der Waals surface area contributed by atoms with Crippen LogP contribution < -0.4 is 14.2 Å². The molecule has 0 saturated heterocycles. The van der Waals surface area contributed by atoms with Crippen LogP contribution in [-0.4, -0.2) is 28.9 Å². The number of fused-ring (bicyclic) bond motifs is 6. The van der Waals surface area contributed by atoms with E-state index in [-0.39, 0.29) is 5.92 Å². The Morgan fingerprint density at radius 2 is 1.36 bits per heavy atom. The van der Waals surface area contributed by atoms with E-state index in [9.17, 15) is 9.90 Å². The molecule has 1 aliphatic heterocycles. The maximum Gasteiger partial charge on any atom is 0.514 e. The van der Waals surface area contributed by atoms with Gasteiger partial charge in [-0.3, -0.25) is 0 Å². The number of rotatable bonds is 5. The fraction of sp³-hybridized carbons (Fsp3) is 0.270. The zero-order valence-corrected chi connectivity index (χ0v) is 28.2. The number of carbonyl (C=O) groups is 1. The molecule has 6 rings (SSSR count). The zero-order chi connectivity index (χ0) is 32.1. The lowest BCUT2D eigenvalue weighted by molar-refractivity contribution is -0.259. The van der Waals surface area contributed by atoms with Gasteiger partial charge in [0.1, 0.15) is 28.6 Å². The van der Waals surface area contributed by atoms with Gasteiger partial charge in [0.05, 0.1) is 5.60 Å². The van der Waals surface area contributed by atoms with E-state index in [1.54, 1.807) is 26.8 Å². The number of aliphatic hydroxyl groups is 1. The van der Waals surface area contributed by atoms with E-state index in [4.69, 9.17) is 23.7 Å². The molecule has 0 aromatic heterocycles. The summed E-state index contributed by atoms with van der Waals surface area (Å²) in [6.45, 7) is 9.51. The van der Waals surface area contributed by atoms with Crippen molar-refractivity contribution in [2.45, 2.75) is 65.1 Å². The van der Waals surface area contributed by atoms with Crippen molar-refractivity contribution in [2.24, 2.45) is 0 Å². The molecular formula is C37H35IO7. The molecule has 2 atom stereocenters. The minimum Gasteiger partial charge on any atom is -0.457 e. The van der Waals surface area contributed by atoms with Gasteiger partial charge in [-0.2, -0.15) is 0 Å². The second-order valence-electron chi connectivity index (χ2n) is 13.0. The predicted molar refractivity (Wildman–Crippen MR) is 182 cm³/mol. The van der Waals surface area contributed by atoms with Gasteiger partial charge in [-0.15, -0.1) is 0 Å². The van der Waals surface area contributed by atoms with Crippen LogP contribution in [0.2, 0.25) is 0 Å². The minimum atomic E-state index is -1.43. The van der Waals surface area contributed by atoms with E-state index < -0.39 is 23.8 Å². The Morgan fingerprint density at radius 3 is 1.93 bits per heavy atom. The number of halogens is 1. The standard InChI is InChI=1S/C37H35IO7/c1-36(2,3)44-34(39)41-25-14-10-21-12-16-29-32(27(21)19-25)31(23-8-7-9-24(38)18-23)33-28-20-26(42-35(40)45-37(4,5)6)15-11-22(28)13-17-30(33)43-29/h7-20,31,34,39H,1-6H3. The van der Waals surface area contributed by atoms with E-state index in [0.29, 0.717) is 17.2 Å². The van der Waals surface area contributed by atoms with Crippen LogP contribution in [0, 0.1) is 3.57 Å². The quantitative estimate of drug-likeness (QED) is 0.0823. The fourth-order valence-electron chi connectivity index (χ4n) is 5.61. The molecule has 1 heterocycles. The molecule has 232 valence electrons. The molecule has 1 N–H and O–H groups in total. The molecular weight excluding hydrogens is 683 g/mol. The molecule has 0 spiro atoms. The Morgan fingerprint density at radius 1 is 0.778 bits per heavy atom. The summed E-state index contributed by atoms with van der Waals surface area (Å²) in [4.78, 5) is 12.6. The number of benzene rings is 5.